The average molecular weight is 154 g/mol. The first-order valence-corrected chi connectivity index (χ1v) is 3.91. The van der Waals surface area contributed by atoms with Crippen LogP contribution in [0.3, 0.4) is 0 Å². The van der Waals surface area contributed by atoms with Crippen LogP contribution in [0, 0.1) is 0 Å². The predicted octanol–water partition coefficient (Wildman–Crippen LogP) is 1.44. The van der Waals surface area contributed by atoms with Crippen molar-refractivity contribution in [3.63, 3.8) is 0 Å². The zero-order valence-corrected chi connectivity index (χ0v) is 7.05. The van der Waals surface area contributed by atoms with Gasteiger partial charge in [0.1, 0.15) is 6.29 Å². The lowest BCUT2D eigenvalue weighted by atomic mass is 9.83. The average Bonchev–Trinajstić information content (AvgIpc) is 1.86. The molecule has 2 nitrogen and oxygen atoms in total. The smallest absolute Gasteiger partial charge is 0.145 e. The van der Waals surface area contributed by atoms with Gasteiger partial charge in [0.05, 0.1) is 5.60 Å². The minimum Gasteiger partial charge on any atom is -0.390 e. The number of aliphatic hydroxyl groups is 1. The number of aldehydes is 1. The Balaban J connectivity index is 2.79. The summed E-state index contributed by atoms with van der Waals surface area (Å²) in [6, 6.07) is 0. The van der Waals surface area contributed by atoms with E-state index in [1.807, 2.05) is 13.8 Å². The summed E-state index contributed by atoms with van der Waals surface area (Å²) in [5.74, 6) is 0. The van der Waals surface area contributed by atoms with E-state index in [9.17, 15) is 9.90 Å². The van der Waals surface area contributed by atoms with Crippen molar-refractivity contribution in [2.45, 2.75) is 38.7 Å². The van der Waals surface area contributed by atoms with E-state index in [0.29, 0.717) is 12.8 Å². The van der Waals surface area contributed by atoms with Crippen LogP contribution in [0.15, 0.2) is 11.1 Å². The van der Waals surface area contributed by atoms with Gasteiger partial charge in [-0.1, -0.05) is 5.57 Å². The third-order valence-electron chi connectivity index (χ3n) is 2.27. The molecule has 0 spiro atoms. The van der Waals surface area contributed by atoms with Crippen LogP contribution in [-0.2, 0) is 4.79 Å². The summed E-state index contributed by atoms with van der Waals surface area (Å²) in [5, 5.41) is 9.61. The van der Waals surface area contributed by atoms with E-state index in [-0.39, 0.29) is 0 Å². The fraction of sp³-hybridized carbons (Fsp3) is 0.667. The highest BCUT2D eigenvalue weighted by Crippen LogP contribution is 2.30. The molecule has 2 heteroatoms. The molecular weight excluding hydrogens is 140 g/mol. The van der Waals surface area contributed by atoms with Crippen LogP contribution in [0.5, 0.6) is 0 Å². The molecule has 1 atom stereocenters. The first-order valence-electron chi connectivity index (χ1n) is 3.91. The van der Waals surface area contributed by atoms with Gasteiger partial charge in [-0.25, -0.2) is 0 Å². The molecule has 1 aliphatic carbocycles. The standard InChI is InChI=1S/C9H14O2/c1-7-5-9(2,11)4-3-8(7)6-10/h6,11H,3-5H2,1-2H3. The van der Waals surface area contributed by atoms with Gasteiger partial charge < -0.3 is 5.11 Å². The second kappa shape index (κ2) is 2.78. The highest BCUT2D eigenvalue weighted by atomic mass is 16.3. The lowest BCUT2D eigenvalue weighted by molar-refractivity contribution is -0.105. The molecule has 0 saturated heterocycles. The molecule has 0 fully saturated rings. The zero-order valence-electron chi connectivity index (χ0n) is 7.05. The van der Waals surface area contributed by atoms with E-state index in [4.69, 9.17) is 0 Å². The van der Waals surface area contributed by atoms with Crippen LogP contribution in [0.25, 0.3) is 0 Å². The molecule has 0 radical (unpaired) electrons. The lowest BCUT2D eigenvalue weighted by Crippen LogP contribution is -2.28. The Morgan fingerprint density at radius 3 is 2.73 bits per heavy atom. The molecule has 0 heterocycles. The molecule has 11 heavy (non-hydrogen) atoms. The van der Waals surface area contributed by atoms with E-state index in [1.165, 1.54) is 0 Å². The van der Waals surface area contributed by atoms with Gasteiger partial charge in [-0.05, 0) is 38.7 Å². The minimum atomic E-state index is -0.587. The normalized spacial score (nSPS) is 32.3. The van der Waals surface area contributed by atoms with Crippen molar-refractivity contribution in [1.29, 1.82) is 0 Å². The van der Waals surface area contributed by atoms with Gasteiger partial charge in [0.2, 0.25) is 0 Å². The summed E-state index contributed by atoms with van der Waals surface area (Å²) in [6.45, 7) is 3.73. The summed E-state index contributed by atoms with van der Waals surface area (Å²) in [4.78, 5) is 10.4. The zero-order chi connectivity index (χ0) is 8.48. The summed E-state index contributed by atoms with van der Waals surface area (Å²) >= 11 is 0. The monoisotopic (exact) mass is 154 g/mol. The Hall–Kier alpha value is -0.630. The van der Waals surface area contributed by atoms with Crippen LogP contribution < -0.4 is 0 Å². The van der Waals surface area contributed by atoms with Crippen LogP contribution >= 0.6 is 0 Å². The Morgan fingerprint density at radius 2 is 2.27 bits per heavy atom. The van der Waals surface area contributed by atoms with E-state index >= 15 is 0 Å². The molecule has 0 aromatic rings. The summed E-state index contributed by atoms with van der Waals surface area (Å²) in [5.41, 5.74) is 1.32. The Morgan fingerprint density at radius 1 is 1.64 bits per heavy atom. The molecule has 0 aliphatic heterocycles. The molecule has 1 rings (SSSR count). The van der Waals surface area contributed by atoms with Crippen molar-refractivity contribution >= 4 is 6.29 Å². The van der Waals surface area contributed by atoms with Crippen molar-refractivity contribution in [2.75, 3.05) is 0 Å². The van der Waals surface area contributed by atoms with Gasteiger partial charge in [-0.3, -0.25) is 4.79 Å². The Labute approximate surface area is 66.9 Å². The molecule has 0 amide bonds. The predicted molar refractivity (Wildman–Crippen MR) is 43.2 cm³/mol. The summed E-state index contributed by atoms with van der Waals surface area (Å²) < 4.78 is 0. The fourth-order valence-corrected chi connectivity index (χ4v) is 1.55. The van der Waals surface area contributed by atoms with Crippen molar-refractivity contribution in [1.82, 2.24) is 0 Å². The second-order valence-corrected chi connectivity index (χ2v) is 3.60. The fourth-order valence-electron chi connectivity index (χ4n) is 1.55. The highest BCUT2D eigenvalue weighted by molar-refractivity contribution is 5.74. The van der Waals surface area contributed by atoms with Crippen LogP contribution in [0.4, 0.5) is 0 Å². The van der Waals surface area contributed by atoms with E-state index in [2.05, 4.69) is 0 Å². The molecule has 0 aromatic heterocycles. The van der Waals surface area contributed by atoms with Crippen molar-refractivity contribution in [2.24, 2.45) is 0 Å². The van der Waals surface area contributed by atoms with Crippen LogP contribution in [0.1, 0.15) is 33.1 Å². The number of carbonyl (C=O) groups is 1. The van der Waals surface area contributed by atoms with Crippen molar-refractivity contribution in [3.05, 3.63) is 11.1 Å². The third kappa shape index (κ3) is 1.90. The molecule has 1 aliphatic rings. The largest absolute Gasteiger partial charge is 0.390 e. The van der Waals surface area contributed by atoms with Gasteiger partial charge in [0.15, 0.2) is 0 Å². The van der Waals surface area contributed by atoms with Crippen molar-refractivity contribution in [3.8, 4) is 0 Å². The molecular formula is C9H14O2. The van der Waals surface area contributed by atoms with Gasteiger partial charge in [-0.2, -0.15) is 0 Å². The maximum absolute atomic E-state index is 10.4. The number of allylic oxidation sites excluding steroid dienone is 1. The highest BCUT2D eigenvalue weighted by Gasteiger charge is 2.26. The number of hydrogen-bond acceptors (Lipinski definition) is 2. The maximum atomic E-state index is 10.4. The van der Waals surface area contributed by atoms with Crippen LogP contribution in [-0.4, -0.2) is 17.0 Å². The first kappa shape index (κ1) is 8.47. The van der Waals surface area contributed by atoms with Gasteiger partial charge in [-0.15, -0.1) is 0 Å². The van der Waals surface area contributed by atoms with Gasteiger partial charge in [0.25, 0.3) is 0 Å². The van der Waals surface area contributed by atoms with E-state index < -0.39 is 5.60 Å². The number of rotatable bonds is 1. The molecule has 0 saturated carbocycles. The van der Waals surface area contributed by atoms with E-state index in [1.54, 1.807) is 0 Å². The van der Waals surface area contributed by atoms with Crippen LogP contribution in [0.2, 0.25) is 0 Å². The maximum Gasteiger partial charge on any atom is 0.145 e. The van der Waals surface area contributed by atoms with Crippen molar-refractivity contribution < 1.29 is 9.90 Å². The molecule has 1 N–H and O–H groups in total. The quantitative estimate of drug-likeness (QED) is 0.580. The summed E-state index contributed by atoms with van der Waals surface area (Å²) in [6.07, 6.45) is 2.98. The molecule has 0 aromatic carbocycles. The number of hydrogen-bond donors (Lipinski definition) is 1. The second-order valence-electron chi connectivity index (χ2n) is 3.60. The topological polar surface area (TPSA) is 37.3 Å². The minimum absolute atomic E-state index is 0.587. The van der Waals surface area contributed by atoms with E-state index in [0.717, 1.165) is 23.9 Å². The Bertz CT molecular complexity index is 202. The van der Waals surface area contributed by atoms with Gasteiger partial charge in [0, 0.05) is 0 Å². The Kier molecular flexibility index (Phi) is 2.14. The third-order valence-corrected chi connectivity index (χ3v) is 2.27. The molecule has 0 bridgehead atoms. The lowest BCUT2D eigenvalue weighted by Gasteiger charge is -2.28. The first-order chi connectivity index (χ1) is 5.05. The SMILES string of the molecule is CC1=C(C=O)CCC(C)(O)C1. The summed E-state index contributed by atoms with van der Waals surface area (Å²) in [7, 11) is 0. The molecule has 62 valence electrons. The molecule has 1 unspecified atom stereocenters. The number of carbonyl (C=O) groups excluding carboxylic acids is 1. The van der Waals surface area contributed by atoms with Gasteiger partial charge >= 0.3 is 0 Å².